The molecule has 8 nitrogen and oxygen atoms in total. The predicted molar refractivity (Wildman–Crippen MR) is 105 cm³/mol. The summed E-state index contributed by atoms with van der Waals surface area (Å²) in [6.45, 7) is 2.49. The van der Waals surface area contributed by atoms with Crippen molar-refractivity contribution in [3.05, 3.63) is 67.9 Å². The van der Waals surface area contributed by atoms with Gasteiger partial charge in [-0.1, -0.05) is 11.6 Å². The Bertz CT molecular complexity index is 1060. The summed E-state index contributed by atoms with van der Waals surface area (Å²) in [5.74, 6) is 1.23. The molecule has 0 saturated carbocycles. The summed E-state index contributed by atoms with van der Waals surface area (Å²) in [5.41, 5.74) is 1.09. The molecule has 1 heterocycles. The lowest BCUT2D eigenvalue weighted by molar-refractivity contribution is -0.384. The number of ether oxygens (including phenoxy) is 1. The normalized spacial score (nSPS) is 11.0. The highest BCUT2D eigenvalue weighted by Crippen LogP contribution is 2.23. The molecule has 3 rings (SSSR count). The smallest absolute Gasteiger partial charge is 0.270 e. The van der Waals surface area contributed by atoms with Gasteiger partial charge in [0.1, 0.15) is 5.75 Å². The molecule has 138 valence electrons. The number of hydrogen-bond acceptors (Lipinski definition) is 6. The van der Waals surface area contributed by atoms with Crippen molar-refractivity contribution in [1.29, 1.82) is 0 Å². The molecule has 0 atom stereocenters. The van der Waals surface area contributed by atoms with Gasteiger partial charge in [0.2, 0.25) is 4.77 Å². The van der Waals surface area contributed by atoms with E-state index in [0.717, 1.165) is 11.3 Å². The summed E-state index contributed by atoms with van der Waals surface area (Å²) in [7, 11) is 0. The highest BCUT2D eigenvalue weighted by atomic mass is 35.5. The predicted octanol–water partition coefficient (Wildman–Crippen LogP) is 4.45. The second kappa shape index (κ2) is 8.11. The molecule has 10 heteroatoms. The maximum atomic E-state index is 10.9. The van der Waals surface area contributed by atoms with Crippen LogP contribution in [0.4, 0.5) is 5.69 Å². The van der Waals surface area contributed by atoms with E-state index in [0.29, 0.717) is 23.0 Å². The Morgan fingerprint density at radius 3 is 2.78 bits per heavy atom. The molecular formula is C17H14ClN5O3S. The summed E-state index contributed by atoms with van der Waals surface area (Å²) in [5, 5.41) is 22.4. The SMILES string of the molecule is CCOc1ccc(-c2n[nH]c(=S)n2/N=C\c2cc([N+](=O)[O-])ccc2Cl)cc1. The van der Waals surface area contributed by atoms with E-state index in [4.69, 9.17) is 28.6 Å². The quantitative estimate of drug-likeness (QED) is 0.284. The van der Waals surface area contributed by atoms with Gasteiger partial charge in [-0.05, 0) is 49.5 Å². The molecule has 27 heavy (non-hydrogen) atoms. The average Bonchev–Trinajstić information content (AvgIpc) is 3.02. The molecule has 1 N–H and O–H groups in total. The van der Waals surface area contributed by atoms with Gasteiger partial charge in [0.15, 0.2) is 5.82 Å². The number of nitrogens with one attached hydrogen (secondary N) is 1. The van der Waals surface area contributed by atoms with Crippen molar-refractivity contribution in [3.8, 4) is 17.1 Å². The van der Waals surface area contributed by atoms with E-state index >= 15 is 0 Å². The molecule has 0 spiro atoms. The summed E-state index contributed by atoms with van der Waals surface area (Å²) >= 11 is 11.3. The number of nitro groups is 1. The second-order valence-corrected chi connectivity index (χ2v) is 6.12. The Balaban J connectivity index is 1.96. The molecule has 3 aromatic rings. The van der Waals surface area contributed by atoms with Gasteiger partial charge in [-0.2, -0.15) is 14.9 Å². The number of non-ortho nitro benzene ring substituents is 1. The average molecular weight is 404 g/mol. The minimum Gasteiger partial charge on any atom is -0.494 e. The van der Waals surface area contributed by atoms with Crippen LogP contribution in [0.5, 0.6) is 5.75 Å². The number of halogens is 1. The third-order valence-corrected chi connectivity index (χ3v) is 4.19. The van der Waals surface area contributed by atoms with Gasteiger partial charge >= 0.3 is 0 Å². The van der Waals surface area contributed by atoms with Crippen molar-refractivity contribution in [1.82, 2.24) is 14.9 Å². The highest BCUT2D eigenvalue weighted by molar-refractivity contribution is 7.71. The maximum absolute atomic E-state index is 10.9. The van der Waals surface area contributed by atoms with Gasteiger partial charge in [-0.25, -0.2) is 5.10 Å². The number of hydrogen-bond donors (Lipinski definition) is 1. The van der Waals surface area contributed by atoms with E-state index in [-0.39, 0.29) is 10.5 Å². The minimum atomic E-state index is -0.497. The fourth-order valence-corrected chi connectivity index (χ4v) is 2.66. The monoisotopic (exact) mass is 403 g/mol. The lowest BCUT2D eigenvalue weighted by atomic mass is 10.2. The van der Waals surface area contributed by atoms with E-state index in [1.807, 2.05) is 31.2 Å². The van der Waals surface area contributed by atoms with Gasteiger partial charge in [-0.3, -0.25) is 10.1 Å². The number of rotatable bonds is 6. The van der Waals surface area contributed by atoms with Crippen LogP contribution in [0.3, 0.4) is 0 Å². The zero-order valence-electron chi connectivity index (χ0n) is 14.1. The van der Waals surface area contributed by atoms with Gasteiger partial charge < -0.3 is 4.74 Å². The van der Waals surface area contributed by atoms with Crippen molar-refractivity contribution in [2.24, 2.45) is 5.10 Å². The lowest BCUT2D eigenvalue weighted by Gasteiger charge is -2.05. The fourth-order valence-electron chi connectivity index (χ4n) is 2.32. The van der Waals surface area contributed by atoms with E-state index in [1.54, 1.807) is 0 Å². The van der Waals surface area contributed by atoms with Crippen molar-refractivity contribution >= 4 is 35.7 Å². The first kappa shape index (κ1) is 18.7. The van der Waals surface area contributed by atoms with Gasteiger partial charge in [0, 0.05) is 28.3 Å². The van der Waals surface area contributed by atoms with Crippen LogP contribution in [-0.4, -0.2) is 32.6 Å². The van der Waals surface area contributed by atoms with Crippen LogP contribution in [0.1, 0.15) is 12.5 Å². The molecular weight excluding hydrogens is 390 g/mol. The summed E-state index contributed by atoms with van der Waals surface area (Å²) in [4.78, 5) is 10.4. The Kier molecular flexibility index (Phi) is 5.63. The number of aromatic amines is 1. The number of aromatic nitrogens is 3. The van der Waals surface area contributed by atoms with E-state index in [9.17, 15) is 10.1 Å². The van der Waals surface area contributed by atoms with Crippen molar-refractivity contribution in [3.63, 3.8) is 0 Å². The standard InChI is InChI=1S/C17H14ClN5O3S/c1-2-26-14-6-3-11(4-7-14)16-20-21-17(27)22(16)19-10-12-9-13(23(24)25)5-8-15(12)18/h3-10H,2H2,1H3,(H,21,27)/b19-10-. The Morgan fingerprint density at radius 2 is 2.11 bits per heavy atom. The van der Waals surface area contributed by atoms with Crippen molar-refractivity contribution in [2.75, 3.05) is 6.61 Å². The van der Waals surface area contributed by atoms with Crippen LogP contribution in [0.2, 0.25) is 5.02 Å². The van der Waals surface area contributed by atoms with Crippen LogP contribution in [0.15, 0.2) is 47.6 Å². The van der Waals surface area contributed by atoms with Crippen LogP contribution >= 0.6 is 23.8 Å². The maximum Gasteiger partial charge on any atom is 0.270 e. The Hall–Kier alpha value is -3.04. The molecule has 0 fully saturated rings. The van der Waals surface area contributed by atoms with Crippen molar-refractivity contribution < 1.29 is 9.66 Å². The number of benzene rings is 2. The summed E-state index contributed by atoms with van der Waals surface area (Å²) in [6, 6.07) is 11.4. The number of nitrogens with zero attached hydrogens (tertiary/aromatic N) is 4. The van der Waals surface area contributed by atoms with Crippen LogP contribution in [0, 0.1) is 14.9 Å². The van der Waals surface area contributed by atoms with Crippen LogP contribution in [0.25, 0.3) is 11.4 Å². The van der Waals surface area contributed by atoms with Gasteiger partial charge in [0.25, 0.3) is 5.69 Å². The van der Waals surface area contributed by atoms with E-state index in [1.165, 1.54) is 29.1 Å². The van der Waals surface area contributed by atoms with Crippen LogP contribution < -0.4 is 4.74 Å². The first-order valence-electron chi connectivity index (χ1n) is 7.88. The van der Waals surface area contributed by atoms with Crippen molar-refractivity contribution in [2.45, 2.75) is 6.92 Å². The molecule has 2 aromatic carbocycles. The zero-order valence-corrected chi connectivity index (χ0v) is 15.7. The third kappa shape index (κ3) is 4.21. The van der Waals surface area contributed by atoms with Crippen LogP contribution in [-0.2, 0) is 0 Å². The molecule has 0 bridgehead atoms. The molecule has 0 aliphatic heterocycles. The van der Waals surface area contributed by atoms with Gasteiger partial charge in [-0.15, -0.1) is 0 Å². The zero-order chi connectivity index (χ0) is 19.4. The topological polar surface area (TPSA) is 98.3 Å². The highest BCUT2D eigenvalue weighted by Gasteiger charge is 2.11. The van der Waals surface area contributed by atoms with E-state index < -0.39 is 4.92 Å². The first-order valence-corrected chi connectivity index (χ1v) is 8.67. The fraction of sp³-hybridized carbons (Fsp3) is 0.118. The molecule has 0 aliphatic rings. The second-order valence-electron chi connectivity index (χ2n) is 5.33. The first-order chi connectivity index (χ1) is 13.0. The summed E-state index contributed by atoms with van der Waals surface area (Å²) in [6.07, 6.45) is 1.40. The molecule has 0 unspecified atom stereocenters. The largest absolute Gasteiger partial charge is 0.494 e. The molecule has 0 radical (unpaired) electrons. The van der Waals surface area contributed by atoms with E-state index in [2.05, 4.69) is 15.3 Å². The molecule has 0 amide bonds. The Morgan fingerprint density at radius 1 is 1.37 bits per heavy atom. The molecule has 0 aliphatic carbocycles. The minimum absolute atomic E-state index is 0.0802. The number of H-pyrrole nitrogens is 1. The Labute approximate surface area is 164 Å². The lowest BCUT2D eigenvalue weighted by Crippen LogP contribution is -1.97. The number of nitro benzene ring substituents is 1. The molecule has 1 aromatic heterocycles. The van der Waals surface area contributed by atoms with Gasteiger partial charge in [0.05, 0.1) is 17.7 Å². The molecule has 0 saturated heterocycles. The summed E-state index contributed by atoms with van der Waals surface area (Å²) < 4.78 is 7.12. The third-order valence-electron chi connectivity index (χ3n) is 3.58.